The number of fused-ring (bicyclic) bond motifs is 1. The molecule has 0 aliphatic carbocycles. The van der Waals surface area contributed by atoms with Crippen molar-refractivity contribution >= 4 is 16.8 Å². The summed E-state index contributed by atoms with van der Waals surface area (Å²) in [5.41, 5.74) is 2.10. The van der Waals surface area contributed by atoms with E-state index in [4.69, 9.17) is 14.2 Å². The van der Waals surface area contributed by atoms with Crippen molar-refractivity contribution in [3.63, 3.8) is 0 Å². The Bertz CT molecular complexity index is 1140. The number of hydrogen-bond donors (Lipinski definition) is 0. The number of nitrogens with zero attached hydrogens (tertiary/aromatic N) is 2. The summed E-state index contributed by atoms with van der Waals surface area (Å²) in [7, 11) is 1.62. The van der Waals surface area contributed by atoms with Crippen molar-refractivity contribution in [3.8, 4) is 5.75 Å². The number of likely N-dealkylation sites (tertiary alicyclic amines) is 1. The lowest BCUT2D eigenvalue weighted by Crippen LogP contribution is -2.52. The van der Waals surface area contributed by atoms with Crippen molar-refractivity contribution in [3.05, 3.63) is 71.9 Å². The fraction of sp³-hybridized carbons (Fsp3) is 0.429. The Morgan fingerprint density at radius 1 is 1.12 bits per heavy atom. The molecule has 2 aliphatic heterocycles. The van der Waals surface area contributed by atoms with Crippen LogP contribution in [0.5, 0.6) is 5.75 Å². The van der Waals surface area contributed by atoms with Crippen molar-refractivity contribution in [2.24, 2.45) is 0 Å². The number of aromatic nitrogens is 1. The summed E-state index contributed by atoms with van der Waals surface area (Å²) in [6.07, 6.45) is 3.49. The van der Waals surface area contributed by atoms with Crippen molar-refractivity contribution < 1.29 is 19.0 Å². The molecule has 3 heterocycles. The SMILES string of the molecule is CCOC1CC(c2ccccc2)OC2(CCN(C(=O)c3cc(OC)c4ccccc4n3)CC2)C1. The number of rotatable bonds is 5. The van der Waals surface area contributed by atoms with E-state index in [9.17, 15) is 4.79 Å². The highest BCUT2D eigenvalue weighted by molar-refractivity contribution is 5.97. The van der Waals surface area contributed by atoms with E-state index in [0.717, 1.165) is 36.6 Å². The highest BCUT2D eigenvalue weighted by Crippen LogP contribution is 2.44. The minimum atomic E-state index is -0.274. The van der Waals surface area contributed by atoms with Crippen LogP contribution in [0.15, 0.2) is 60.7 Å². The van der Waals surface area contributed by atoms with Gasteiger partial charge in [-0.15, -0.1) is 0 Å². The van der Waals surface area contributed by atoms with E-state index in [1.807, 2.05) is 42.2 Å². The van der Waals surface area contributed by atoms with Crippen molar-refractivity contribution in [1.82, 2.24) is 9.88 Å². The van der Waals surface area contributed by atoms with Gasteiger partial charge in [-0.2, -0.15) is 0 Å². The first-order valence-corrected chi connectivity index (χ1v) is 12.2. The predicted octanol–water partition coefficient (Wildman–Crippen LogP) is 5.18. The Kier molecular flexibility index (Phi) is 6.53. The molecular formula is C28H32N2O4. The summed E-state index contributed by atoms with van der Waals surface area (Å²) in [5.74, 6) is 0.610. The molecule has 1 aromatic heterocycles. The highest BCUT2D eigenvalue weighted by atomic mass is 16.5. The Balaban J connectivity index is 1.33. The molecule has 2 saturated heterocycles. The van der Waals surface area contributed by atoms with Crippen molar-refractivity contribution in [2.45, 2.75) is 50.4 Å². The van der Waals surface area contributed by atoms with Gasteiger partial charge < -0.3 is 19.1 Å². The fourth-order valence-electron chi connectivity index (χ4n) is 5.39. The third-order valence-electron chi connectivity index (χ3n) is 7.12. The van der Waals surface area contributed by atoms with Crippen LogP contribution in [-0.2, 0) is 9.47 Å². The van der Waals surface area contributed by atoms with Crippen LogP contribution in [0, 0.1) is 0 Å². The standard InChI is InChI=1S/C28H32N2O4/c1-3-33-21-17-25(20-9-5-4-6-10-20)34-28(19-21)13-15-30(16-14-28)27(31)24-18-26(32-2)22-11-7-8-12-23(22)29-24/h4-12,18,21,25H,3,13-17,19H2,1-2H3. The number of piperidine rings is 1. The van der Waals surface area contributed by atoms with Gasteiger partial charge in [0.15, 0.2) is 0 Å². The third kappa shape index (κ3) is 4.52. The molecule has 2 aromatic carbocycles. The van der Waals surface area contributed by atoms with Gasteiger partial charge in [-0.05, 0) is 37.5 Å². The zero-order valence-electron chi connectivity index (χ0n) is 19.9. The van der Waals surface area contributed by atoms with E-state index in [-0.39, 0.29) is 23.7 Å². The zero-order valence-corrected chi connectivity index (χ0v) is 19.9. The number of hydrogen-bond acceptors (Lipinski definition) is 5. The molecule has 0 saturated carbocycles. The normalized spacial score (nSPS) is 22.1. The minimum absolute atomic E-state index is 0.0140. The summed E-state index contributed by atoms with van der Waals surface area (Å²) in [5, 5.41) is 0.906. The van der Waals surface area contributed by atoms with Crippen LogP contribution in [-0.4, -0.2) is 54.3 Å². The zero-order chi connectivity index (χ0) is 23.5. The maximum atomic E-state index is 13.4. The average molecular weight is 461 g/mol. The second kappa shape index (κ2) is 9.72. The van der Waals surface area contributed by atoms with Gasteiger partial charge in [-0.3, -0.25) is 4.79 Å². The molecule has 3 aromatic rings. The number of pyridine rings is 1. The molecule has 178 valence electrons. The van der Waals surface area contributed by atoms with Crippen LogP contribution in [0.25, 0.3) is 10.9 Å². The summed E-state index contributed by atoms with van der Waals surface area (Å²) in [4.78, 5) is 19.9. The molecule has 6 heteroatoms. The van der Waals surface area contributed by atoms with Gasteiger partial charge in [0.25, 0.3) is 5.91 Å². The number of methoxy groups -OCH3 is 1. The second-order valence-corrected chi connectivity index (χ2v) is 9.24. The third-order valence-corrected chi connectivity index (χ3v) is 7.12. The first-order chi connectivity index (χ1) is 16.6. The van der Waals surface area contributed by atoms with E-state index in [2.05, 4.69) is 29.2 Å². The van der Waals surface area contributed by atoms with E-state index >= 15 is 0 Å². The Morgan fingerprint density at radius 2 is 1.85 bits per heavy atom. The smallest absolute Gasteiger partial charge is 0.272 e. The molecule has 2 fully saturated rings. The van der Waals surface area contributed by atoms with E-state index in [0.29, 0.717) is 31.1 Å². The molecule has 2 unspecified atom stereocenters. The number of benzene rings is 2. The summed E-state index contributed by atoms with van der Waals surface area (Å²) < 4.78 is 18.4. The van der Waals surface area contributed by atoms with Crippen LogP contribution < -0.4 is 4.74 Å². The van der Waals surface area contributed by atoms with Gasteiger partial charge in [-0.25, -0.2) is 4.98 Å². The highest BCUT2D eigenvalue weighted by Gasteiger charge is 2.45. The topological polar surface area (TPSA) is 60.9 Å². The van der Waals surface area contributed by atoms with E-state index < -0.39 is 0 Å². The lowest BCUT2D eigenvalue weighted by molar-refractivity contribution is -0.190. The molecule has 2 atom stereocenters. The van der Waals surface area contributed by atoms with Gasteiger partial charge in [0.05, 0.1) is 30.4 Å². The first kappa shape index (κ1) is 22.8. The van der Waals surface area contributed by atoms with Crippen LogP contribution in [0.1, 0.15) is 54.8 Å². The summed E-state index contributed by atoms with van der Waals surface area (Å²) in [6, 6.07) is 19.9. The van der Waals surface area contributed by atoms with Gasteiger partial charge in [0.1, 0.15) is 11.4 Å². The molecule has 0 N–H and O–H groups in total. The fourth-order valence-corrected chi connectivity index (χ4v) is 5.39. The molecule has 5 rings (SSSR count). The number of carbonyl (C=O) groups is 1. The molecule has 0 radical (unpaired) electrons. The first-order valence-electron chi connectivity index (χ1n) is 12.2. The van der Waals surface area contributed by atoms with Crippen LogP contribution >= 0.6 is 0 Å². The number of carbonyl (C=O) groups excluding carboxylic acids is 1. The van der Waals surface area contributed by atoms with Gasteiger partial charge >= 0.3 is 0 Å². The van der Waals surface area contributed by atoms with Gasteiger partial charge in [-0.1, -0.05) is 42.5 Å². The Hall–Kier alpha value is -2.96. The van der Waals surface area contributed by atoms with E-state index in [1.54, 1.807) is 13.2 Å². The van der Waals surface area contributed by atoms with E-state index in [1.165, 1.54) is 5.56 Å². The quantitative estimate of drug-likeness (QED) is 0.525. The summed E-state index contributed by atoms with van der Waals surface area (Å²) >= 11 is 0. The average Bonchev–Trinajstić information content (AvgIpc) is 2.88. The number of para-hydroxylation sites is 1. The summed E-state index contributed by atoms with van der Waals surface area (Å²) in [6.45, 7) is 4.01. The monoisotopic (exact) mass is 460 g/mol. The molecule has 1 spiro atoms. The molecule has 2 aliphatic rings. The Morgan fingerprint density at radius 3 is 2.59 bits per heavy atom. The molecule has 1 amide bonds. The van der Waals surface area contributed by atoms with Crippen LogP contribution in [0.4, 0.5) is 0 Å². The van der Waals surface area contributed by atoms with Crippen molar-refractivity contribution in [1.29, 1.82) is 0 Å². The minimum Gasteiger partial charge on any atom is -0.496 e. The largest absolute Gasteiger partial charge is 0.496 e. The number of amides is 1. The molecule has 6 nitrogen and oxygen atoms in total. The van der Waals surface area contributed by atoms with Gasteiger partial charge in [0, 0.05) is 44.0 Å². The van der Waals surface area contributed by atoms with Gasteiger partial charge in [0.2, 0.25) is 0 Å². The molecular weight excluding hydrogens is 428 g/mol. The number of ether oxygens (including phenoxy) is 3. The van der Waals surface area contributed by atoms with Crippen LogP contribution in [0.3, 0.4) is 0 Å². The maximum absolute atomic E-state index is 13.4. The molecule has 34 heavy (non-hydrogen) atoms. The molecule has 0 bridgehead atoms. The lowest BCUT2D eigenvalue weighted by Gasteiger charge is -2.48. The Labute approximate surface area is 200 Å². The maximum Gasteiger partial charge on any atom is 0.272 e. The second-order valence-electron chi connectivity index (χ2n) is 9.24. The van der Waals surface area contributed by atoms with Crippen molar-refractivity contribution in [2.75, 3.05) is 26.8 Å². The lowest BCUT2D eigenvalue weighted by atomic mass is 9.80. The predicted molar refractivity (Wildman–Crippen MR) is 131 cm³/mol. The van der Waals surface area contributed by atoms with Crippen LogP contribution in [0.2, 0.25) is 0 Å².